The highest BCUT2D eigenvalue weighted by Gasteiger charge is 2.34. The minimum Gasteiger partial charge on any atom is -0.369 e. The van der Waals surface area contributed by atoms with Gasteiger partial charge in [-0.2, -0.15) is 0 Å². The Labute approximate surface area is 197 Å². The molecule has 0 radical (unpaired) electrons. The normalized spacial score (nSPS) is 17.2. The Hall–Kier alpha value is -3.23. The summed E-state index contributed by atoms with van der Waals surface area (Å²) < 4.78 is 0. The van der Waals surface area contributed by atoms with Crippen LogP contribution in [-0.2, 0) is 11.3 Å². The van der Waals surface area contributed by atoms with E-state index in [0.29, 0.717) is 17.2 Å². The van der Waals surface area contributed by atoms with Gasteiger partial charge in [-0.3, -0.25) is 9.59 Å². The van der Waals surface area contributed by atoms with Gasteiger partial charge >= 0.3 is 0 Å². The Balaban J connectivity index is 1.29. The fraction of sp³-hybridized carbons (Fsp3) is 0.320. The lowest BCUT2D eigenvalue weighted by molar-refractivity contribution is -0.120. The number of nitrogens with zero attached hydrogens (tertiary/aromatic N) is 4. The first kappa shape index (κ1) is 21.6. The van der Waals surface area contributed by atoms with E-state index in [9.17, 15) is 9.59 Å². The molecule has 7 nitrogen and oxygen atoms in total. The van der Waals surface area contributed by atoms with E-state index in [1.807, 2.05) is 12.1 Å². The standard InChI is InChI=1S/C25H27N5O2S/c1-17(23(31)27-25-26-9-14-33-25)30-16-20-15-19(5-8-22(20)24(30)32)18-3-6-21(7-4-18)29-12-10-28(2)11-13-29/h3-9,14-15,17H,10-13,16H2,1-2H3,(H,26,27,31)/t17-/m1/s1. The van der Waals surface area contributed by atoms with E-state index in [1.54, 1.807) is 23.4 Å². The van der Waals surface area contributed by atoms with Crippen LogP contribution in [0.4, 0.5) is 10.8 Å². The molecule has 0 aliphatic carbocycles. The first-order valence-corrected chi connectivity index (χ1v) is 12.1. The van der Waals surface area contributed by atoms with Crippen LogP contribution in [0.3, 0.4) is 0 Å². The third-order valence-corrected chi connectivity index (χ3v) is 7.20. The lowest BCUT2D eigenvalue weighted by Crippen LogP contribution is -2.44. The SMILES string of the molecule is C[C@H](C(=O)Nc1nccs1)N1Cc2cc(-c3ccc(N4CCN(C)CC4)cc3)ccc2C1=O. The number of rotatable bonds is 5. The molecule has 1 N–H and O–H groups in total. The summed E-state index contributed by atoms with van der Waals surface area (Å²) >= 11 is 1.36. The van der Waals surface area contributed by atoms with Crippen LogP contribution in [0.1, 0.15) is 22.8 Å². The van der Waals surface area contributed by atoms with Crippen molar-refractivity contribution in [2.45, 2.75) is 19.5 Å². The topological polar surface area (TPSA) is 68.8 Å². The lowest BCUT2D eigenvalue weighted by atomic mass is 10.00. The maximum absolute atomic E-state index is 13.0. The van der Waals surface area contributed by atoms with Crippen LogP contribution in [0.5, 0.6) is 0 Å². The van der Waals surface area contributed by atoms with Gasteiger partial charge in [-0.1, -0.05) is 18.2 Å². The number of piperazine rings is 1. The highest BCUT2D eigenvalue weighted by molar-refractivity contribution is 7.13. The number of carbonyl (C=O) groups is 2. The second-order valence-corrected chi connectivity index (χ2v) is 9.54. The zero-order chi connectivity index (χ0) is 22.9. The van der Waals surface area contributed by atoms with Gasteiger partial charge in [0.1, 0.15) is 6.04 Å². The smallest absolute Gasteiger partial charge is 0.255 e. The number of thiazole rings is 1. The Kier molecular flexibility index (Phi) is 5.86. The van der Waals surface area contributed by atoms with E-state index in [2.05, 4.69) is 57.5 Å². The molecule has 0 spiro atoms. The number of anilines is 2. The number of benzene rings is 2. The van der Waals surface area contributed by atoms with Gasteiger partial charge in [0, 0.05) is 55.6 Å². The summed E-state index contributed by atoms with van der Waals surface area (Å²) in [5, 5.41) is 5.13. The Morgan fingerprint density at radius 2 is 1.79 bits per heavy atom. The molecule has 33 heavy (non-hydrogen) atoms. The van der Waals surface area contributed by atoms with E-state index in [1.165, 1.54) is 17.0 Å². The summed E-state index contributed by atoms with van der Waals surface area (Å²) in [5.74, 6) is -0.338. The molecule has 1 fully saturated rings. The summed E-state index contributed by atoms with van der Waals surface area (Å²) in [6.07, 6.45) is 1.64. The van der Waals surface area contributed by atoms with Crippen molar-refractivity contribution in [1.82, 2.24) is 14.8 Å². The minimum absolute atomic E-state index is 0.108. The van der Waals surface area contributed by atoms with Crippen molar-refractivity contribution >= 4 is 34.0 Å². The Bertz CT molecular complexity index is 1150. The van der Waals surface area contributed by atoms with Crippen LogP contribution in [0.25, 0.3) is 11.1 Å². The third kappa shape index (κ3) is 4.36. The number of hydrogen-bond acceptors (Lipinski definition) is 6. The highest BCUT2D eigenvalue weighted by Crippen LogP contribution is 2.31. The minimum atomic E-state index is -0.583. The zero-order valence-electron chi connectivity index (χ0n) is 18.8. The van der Waals surface area contributed by atoms with Gasteiger partial charge in [0.15, 0.2) is 5.13 Å². The maximum atomic E-state index is 13.0. The van der Waals surface area contributed by atoms with Gasteiger partial charge in [0.05, 0.1) is 0 Å². The number of amides is 2. The number of hydrogen-bond donors (Lipinski definition) is 1. The molecule has 2 aliphatic rings. The number of aromatic nitrogens is 1. The largest absolute Gasteiger partial charge is 0.369 e. The molecule has 5 rings (SSSR count). The van der Waals surface area contributed by atoms with Crippen molar-refractivity contribution < 1.29 is 9.59 Å². The molecule has 2 aromatic carbocycles. The first-order valence-electron chi connectivity index (χ1n) is 11.2. The average molecular weight is 462 g/mol. The molecule has 3 aromatic rings. The number of nitrogens with one attached hydrogen (secondary N) is 1. The highest BCUT2D eigenvalue weighted by atomic mass is 32.1. The molecule has 1 aromatic heterocycles. The van der Waals surface area contributed by atoms with Crippen LogP contribution >= 0.6 is 11.3 Å². The molecule has 170 valence electrons. The fourth-order valence-corrected chi connectivity index (χ4v) is 4.93. The van der Waals surface area contributed by atoms with Gasteiger partial charge in [0.2, 0.25) is 5.91 Å². The van der Waals surface area contributed by atoms with Crippen molar-refractivity contribution in [2.24, 2.45) is 0 Å². The summed E-state index contributed by atoms with van der Waals surface area (Å²) in [7, 11) is 2.16. The third-order valence-electron chi connectivity index (χ3n) is 6.52. The first-order chi connectivity index (χ1) is 16.0. The van der Waals surface area contributed by atoms with Crippen molar-refractivity contribution in [3.8, 4) is 11.1 Å². The van der Waals surface area contributed by atoms with Gasteiger partial charge in [-0.15, -0.1) is 11.3 Å². The number of likely N-dealkylation sites (N-methyl/N-ethyl adjacent to an activating group) is 1. The summed E-state index contributed by atoms with van der Waals surface area (Å²) in [6, 6.07) is 14.0. The molecule has 2 amide bonds. The van der Waals surface area contributed by atoms with Crippen LogP contribution < -0.4 is 10.2 Å². The van der Waals surface area contributed by atoms with Crippen LogP contribution in [0.15, 0.2) is 54.0 Å². The molecule has 0 bridgehead atoms. The molecular formula is C25H27N5O2S. The van der Waals surface area contributed by atoms with Gasteiger partial charge in [-0.05, 0) is 54.9 Å². The van der Waals surface area contributed by atoms with Crippen molar-refractivity contribution in [3.63, 3.8) is 0 Å². The van der Waals surface area contributed by atoms with Gasteiger partial charge < -0.3 is 20.0 Å². The van der Waals surface area contributed by atoms with E-state index in [4.69, 9.17) is 0 Å². The fourth-order valence-electron chi connectivity index (χ4n) is 4.40. The van der Waals surface area contributed by atoms with Gasteiger partial charge in [-0.25, -0.2) is 4.98 Å². The number of carbonyl (C=O) groups excluding carboxylic acids is 2. The van der Waals surface area contributed by atoms with Crippen LogP contribution in [-0.4, -0.2) is 65.9 Å². The molecule has 0 unspecified atom stereocenters. The van der Waals surface area contributed by atoms with Crippen molar-refractivity contribution in [1.29, 1.82) is 0 Å². The lowest BCUT2D eigenvalue weighted by Gasteiger charge is -2.34. The van der Waals surface area contributed by atoms with Crippen LogP contribution in [0.2, 0.25) is 0 Å². The predicted octanol–water partition coefficient (Wildman–Crippen LogP) is 3.54. The summed E-state index contributed by atoms with van der Waals surface area (Å²) in [5.41, 5.74) is 5.06. The molecule has 1 atom stereocenters. The molecule has 8 heteroatoms. The monoisotopic (exact) mass is 461 g/mol. The Morgan fingerprint density at radius 3 is 2.48 bits per heavy atom. The number of fused-ring (bicyclic) bond motifs is 1. The molecule has 0 saturated carbocycles. The molecular weight excluding hydrogens is 434 g/mol. The van der Waals surface area contributed by atoms with Crippen LogP contribution in [0, 0.1) is 0 Å². The quantitative estimate of drug-likeness (QED) is 0.629. The molecule has 2 aliphatic heterocycles. The van der Waals surface area contributed by atoms with Gasteiger partial charge in [0.25, 0.3) is 5.91 Å². The van der Waals surface area contributed by atoms with E-state index in [-0.39, 0.29) is 11.8 Å². The second-order valence-electron chi connectivity index (χ2n) is 8.64. The van der Waals surface area contributed by atoms with E-state index in [0.717, 1.165) is 42.9 Å². The van der Waals surface area contributed by atoms with E-state index < -0.39 is 6.04 Å². The van der Waals surface area contributed by atoms with Crippen molar-refractivity contribution in [2.75, 3.05) is 43.4 Å². The second kappa shape index (κ2) is 8.96. The predicted molar refractivity (Wildman–Crippen MR) is 132 cm³/mol. The molecule has 3 heterocycles. The summed E-state index contributed by atoms with van der Waals surface area (Å²) in [6.45, 7) is 6.43. The summed E-state index contributed by atoms with van der Waals surface area (Å²) in [4.78, 5) is 36.1. The maximum Gasteiger partial charge on any atom is 0.255 e. The average Bonchev–Trinajstić information content (AvgIpc) is 3.46. The zero-order valence-corrected chi connectivity index (χ0v) is 19.6. The van der Waals surface area contributed by atoms with Crippen molar-refractivity contribution in [3.05, 3.63) is 65.2 Å². The van der Waals surface area contributed by atoms with E-state index >= 15 is 0 Å². The Morgan fingerprint density at radius 1 is 1.06 bits per heavy atom. The molecule has 1 saturated heterocycles.